The number of rotatable bonds is 7. The number of aliphatic hydroxyl groups is 2. The lowest BCUT2D eigenvalue weighted by Gasteiger charge is -2.21. The summed E-state index contributed by atoms with van der Waals surface area (Å²) in [4.78, 5) is 25.5. The summed E-state index contributed by atoms with van der Waals surface area (Å²) in [5.74, 6) is 0.731. The van der Waals surface area contributed by atoms with Gasteiger partial charge in [-0.1, -0.05) is 44.2 Å². The Bertz CT molecular complexity index is 816. The van der Waals surface area contributed by atoms with Crippen molar-refractivity contribution in [2.75, 3.05) is 13.2 Å². The smallest absolute Gasteiger partial charge is 0.258 e. The summed E-state index contributed by atoms with van der Waals surface area (Å²) in [5, 5.41) is 19.8. The van der Waals surface area contributed by atoms with E-state index in [4.69, 9.17) is 0 Å². The highest BCUT2D eigenvalue weighted by molar-refractivity contribution is 6.07. The average molecular weight is 357 g/mol. The lowest BCUT2D eigenvalue weighted by molar-refractivity contribution is 0.0971. The third-order valence-corrected chi connectivity index (χ3v) is 5.59. The molecule has 1 heterocycles. The molecular weight excluding hydrogens is 330 g/mol. The summed E-state index contributed by atoms with van der Waals surface area (Å²) in [5.41, 5.74) is 0.296. The number of carbonyl (C=O) groups excluding carboxylic acids is 1. The van der Waals surface area contributed by atoms with Gasteiger partial charge in [0, 0.05) is 23.6 Å². The molecule has 1 aliphatic carbocycles. The highest BCUT2D eigenvalue weighted by Crippen LogP contribution is 2.28. The van der Waals surface area contributed by atoms with E-state index in [2.05, 4.69) is 0 Å². The van der Waals surface area contributed by atoms with E-state index in [-0.39, 0.29) is 24.6 Å². The van der Waals surface area contributed by atoms with Crippen LogP contribution in [0.15, 0.2) is 35.3 Å². The molecule has 1 saturated carbocycles. The number of aromatic nitrogens is 1. The Balaban J connectivity index is 1.85. The predicted molar refractivity (Wildman–Crippen MR) is 102 cm³/mol. The quantitative estimate of drug-likeness (QED) is 0.747. The highest BCUT2D eigenvalue weighted by atomic mass is 16.3. The first kappa shape index (κ1) is 18.8. The standard InChI is InChI=1S/C21H27NO4/c23-13-16(14-24)22-12-11-17-18(7-4-8-19(17)21(22)26)20(25)10-9-15-5-2-1-3-6-15/h4,7-8,11-12,15-16,23-24H,1-3,5-6,9-10,13-14H2. The maximum atomic E-state index is 12.8. The summed E-state index contributed by atoms with van der Waals surface area (Å²) >= 11 is 0. The zero-order chi connectivity index (χ0) is 18.5. The molecule has 0 spiro atoms. The van der Waals surface area contributed by atoms with Gasteiger partial charge in [-0.05, 0) is 29.9 Å². The lowest BCUT2D eigenvalue weighted by Crippen LogP contribution is -2.29. The van der Waals surface area contributed by atoms with Crippen molar-refractivity contribution in [3.05, 3.63) is 46.4 Å². The van der Waals surface area contributed by atoms with E-state index in [1.807, 2.05) is 0 Å². The minimum Gasteiger partial charge on any atom is -0.394 e. The molecule has 0 saturated heterocycles. The van der Waals surface area contributed by atoms with Gasteiger partial charge in [-0.3, -0.25) is 9.59 Å². The second-order valence-corrected chi connectivity index (χ2v) is 7.28. The van der Waals surface area contributed by atoms with Crippen LogP contribution < -0.4 is 5.56 Å². The fourth-order valence-electron chi connectivity index (χ4n) is 4.00. The van der Waals surface area contributed by atoms with Crippen molar-refractivity contribution in [1.82, 2.24) is 4.57 Å². The third-order valence-electron chi connectivity index (χ3n) is 5.59. The third kappa shape index (κ3) is 3.89. The Morgan fingerprint density at radius 1 is 1.08 bits per heavy atom. The van der Waals surface area contributed by atoms with Gasteiger partial charge in [-0.2, -0.15) is 0 Å². The summed E-state index contributed by atoms with van der Waals surface area (Å²) in [6, 6.07) is 6.28. The summed E-state index contributed by atoms with van der Waals surface area (Å²) in [6.45, 7) is -0.635. The molecular formula is C21H27NO4. The number of Topliss-reactive ketones (excluding diaryl/α,β-unsaturated/α-hetero) is 1. The minimum atomic E-state index is -0.669. The summed E-state index contributed by atoms with van der Waals surface area (Å²) in [6.07, 6.45) is 9.27. The van der Waals surface area contributed by atoms with E-state index in [1.165, 1.54) is 36.7 Å². The fraction of sp³-hybridized carbons (Fsp3) is 0.524. The largest absolute Gasteiger partial charge is 0.394 e. The van der Waals surface area contributed by atoms with Crippen LogP contribution in [0.5, 0.6) is 0 Å². The Labute approximate surface area is 153 Å². The molecule has 140 valence electrons. The highest BCUT2D eigenvalue weighted by Gasteiger charge is 2.18. The topological polar surface area (TPSA) is 79.5 Å². The van der Waals surface area contributed by atoms with Crippen LogP contribution in [0.3, 0.4) is 0 Å². The van der Waals surface area contributed by atoms with Crippen LogP contribution in [0.4, 0.5) is 0 Å². The molecule has 2 aromatic rings. The number of carbonyl (C=O) groups is 1. The van der Waals surface area contributed by atoms with E-state index < -0.39 is 6.04 Å². The van der Waals surface area contributed by atoms with E-state index in [0.717, 1.165) is 6.42 Å². The number of ketones is 1. The predicted octanol–water partition coefficient (Wildman–Crippen LogP) is 3.07. The average Bonchev–Trinajstić information content (AvgIpc) is 2.69. The Kier molecular flexibility index (Phi) is 6.22. The molecule has 0 amide bonds. The summed E-state index contributed by atoms with van der Waals surface area (Å²) < 4.78 is 1.33. The van der Waals surface area contributed by atoms with Crippen molar-refractivity contribution in [3.63, 3.8) is 0 Å². The van der Waals surface area contributed by atoms with Crippen LogP contribution in [-0.4, -0.2) is 33.8 Å². The van der Waals surface area contributed by atoms with Crippen LogP contribution in [0, 0.1) is 5.92 Å². The van der Waals surface area contributed by atoms with Gasteiger partial charge in [0.2, 0.25) is 0 Å². The van der Waals surface area contributed by atoms with Gasteiger partial charge in [0.1, 0.15) is 0 Å². The number of nitrogens with zero attached hydrogens (tertiary/aromatic N) is 1. The Hall–Kier alpha value is -1.98. The Morgan fingerprint density at radius 3 is 2.50 bits per heavy atom. The Morgan fingerprint density at radius 2 is 1.81 bits per heavy atom. The first-order valence-electron chi connectivity index (χ1n) is 9.54. The van der Waals surface area contributed by atoms with Gasteiger partial charge in [-0.15, -0.1) is 0 Å². The van der Waals surface area contributed by atoms with E-state index in [1.54, 1.807) is 30.5 Å². The molecule has 5 heteroatoms. The van der Waals surface area contributed by atoms with Crippen LogP contribution in [0.2, 0.25) is 0 Å². The molecule has 0 aliphatic heterocycles. The van der Waals surface area contributed by atoms with Gasteiger partial charge >= 0.3 is 0 Å². The van der Waals surface area contributed by atoms with Gasteiger partial charge in [0.25, 0.3) is 5.56 Å². The van der Waals surface area contributed by atoms with Gasteiger partial charge < -0.3 is 14.8 Å². The molecule has 0 atom stereocenters. The van der Waals surface area contributed by atoms with Gasteiger partial charge in [0.15, 0.2) is 5.78 Å². The molecule has 1 aromatic carbocycles. The number of fused-ring (bicyclic) bond motifs is 1. The van der Waals surface area contributed by atoms with Gasteiger partial charge in [-0.25, -0.2) is 0 Å². The van der Waals surface area contributed by atoms with Crippen LogP contribution in [0.25, 0.3) is 10.8 Å². The van der Waals surface area contributed by atoms with E-state index >= 15 is 0 Å². The maximum absolute atomic E-state index is 12.8. The van der Waals surface area contributed by atoms with Crippen molar-refractivity contribution in [1.29, 1.82) is 0 Å². The molecule has 1 fully saturated rings. The number of benzene rings is 1. The van der Waals surface area contributed by atoms with Crippen LogP contribution >= 0.6 is 0 Å². The van der Waals surface area contributed by atoms with E-state index in [0.29, 0.717) is 28.7 Å². The zero-order valence-electron chi connectivity index (χ0n) is 15.1. The number of aliphatic hydroxyl groups excluding tert-OH is 2. The van der Waals surface area contributed by atoms with Crippen molar-refractivity contribution < 1.29 is 15.0 Å². The van der Waals surface area contributed by atoms with Crippen molar-refractivity contribution >= 4 is 16.6 Å². The number of hydrogen-bond acceptors (Lipinski definition) is 4. The zero-order valence-corrected chi connectivity index (χ0v) is 15.1. The molecule has 2 N–H and O–H groups in total. The SMILES string of the molecule is O=C(CCC1CCCCC1)c1cccc2c(=O)n(C(CO)CO)ccc12. The maximum Gasteiger partial charge on any atom is 0.258 e. The number of hydrogen-bond donors (Lipinski definition) is 2. The lowest BCUT2D eigenvalue weighted by atomic mass is 9.85. The summed E-state index contributed by atoms with van der Waals surface area (Å²) in [7, 11) is 0. The molecule has 3 rings (SSSR count). The monoisotopic (exact) mass is 357 g/mol. The first-order chi connectivity index (χ1) is 12.7. The molecule has 0 bridgehead atoms. The van der Waals surface area contributed by atoms with Crippen molar-refractivity contribution in [3.8, 4) is 0 Å². The minimum absolute atomic E-state index is 0.0826. The second-order valence-electron chi connectivity index (χ2n) is 7.28. The molecule has 0 unspecified atom stereocenters. The first-order valence-corrected chi connectivity index (χ1v) is 9.54. The van der Waals surface area contributed by atoms with Gasteiger partial charge in [0.05, 0.1) is 19.3 Å². The molecule has 5 nitrogen and oxygen atoms in total. The molecule has 1 aromatic heterocycles. The molecule has 26 heavy (non-hydrogen) atoms. The number of pyridine rings is 1. The molecule has 1 aliphatic rings. The van der Waals surface area contributed by atoms with Crippen molar-refractivity contribution in [2.24, 2.45) is 5.92 Å². The van der Waals surface area contributed by atoms with E-state index in [9.17, 15) is 19.8 Å². The van der Waals surface area contributed by atoms with Crippen LogP contribution in [-0.2, 0) is 0 Å². The van der Waals surface area contributed by atoms with Crippen molar-refractivity contribution in [2.45, 2.75) is 51.0 Å². The van der Waals surface area contributed by atoms with Crippen LogP contribution in [0.1, 0.15) is 61.3 Å². The fourth-order valence-corrected chi connectivity index (χ4v) is 4.00. The second kappa shape index (κ2) is 8.60. The normalized spacial score (nSPS) is 15.7. The molecule has 0 radical (unpaired) electrons.